The average molecular weight is 176 g/mol. The van der Waals surface area contributed by atoms with Crippen molar-refractivity contribution in [2.24, 2.45) is 0 Å². The Bertz CT molecular complexity index is 134. The zero-order chi connectivity index (χ0) is 8.53. The number of carboxylic acids is 1. The lowest BCUT2D eigenvalue weighted by atomic mass is 10.2. The first kappa shape index (κ1) is 10.6. The van der Waals surface area contributed by atoms with Gasteiger partial charge in [0.1, 0.15) is 0 Å². The van der Waals surface area contributed by atoms with Crippen LogP contribution in [0.4, 0.5) is 0 Å². The van der Waals surface area contributed by atoms with Crippen LogP contribution in [0.15, 0.2) is 12.2 Å². The Hall–Kier alpha value is -0.400. The normalized spacial score (nSPS) is 10.6. The quantitative estimate of drug-likeness (QED) is 0.380. The Morgan fingerprint density at radius 3 is 2.82 bits per heavy atom. The summed E-state index contributed by atoms with van der Waals surface area (Å²) in [5.74, 6) is -0.882. The molecule has 0 heterocycles. The number of rotatable bonds is 6. The number of hydrogen-bond acceptors (Lipinski definition) is 2. The fraction of sp³-hybridized carbons (Fsp3) is 0.571. The molecule has 0 aliphatic rings. The Morgan fingerprint density at radius 1 is 1.55 bits per heavy atom. The van der Waals surface area contributed by atoms with E-state index in [0.717, 1.165) is 19.3 Å². The summed E-state index contributed by atoms with van der Waals surface area (Å²) in [5.41, 5.74) is 0. The van der Waals surface area contributed by atoms with Gasteiger partial charge in [-0.05, 0) is 19.3 Å². The molecule has 4 heteroatoms. The molecular weight excluding hydrogens is 163 g/mol. The van der Waals surface area contributed by atoms with Crippen LogP contribution in [0.5, 0.6) is 0 Å². The first-order valence-corrected chi connectivity index (χ1v) is 3.95. The lowest BCUT2D eigenvalue weighted by Crippen LogP contribution is -1.86. The molecule has 0 saturated carbocycles. The smallest absolute Gasteiger partial charge is 0.327 e. The van der Waals surface area contributed by atoms with E-state index in [0.29, 0.717) is 6.61 Å². The molecule has 0 bridgehead atoms. The molecule has 0 radical (unpaired) electrons. The van der Waals surface area contributed by atoms with Gasteiger partial charge in [0.05, 0.1) is 6.61 Å². The highest BCUT2D eigenvalue weighted by atomic mass is 31.0. The van der Waals surface area contributed by atoms with E-state index in [1.54, 1.807) is 6.08 Å². The van der Waals surface area contributed by atoms with Crippen molar-refractivity contribution < 1.29 is 14.4 Å². The van der Waals surface area contributed by atoms with Crippen LogP contribution in [-0.2, 0) is 9.32 Å². The summed E-state index contributed by atoms with van der Waals surface area (Å²) in [7, 11) is 2.18. The van der Waals surface area contributed by atoms with Crippen molar-refractivity contribution in [3.8, 4) is 0 Å². The van der Waals surface area contributed by atoms with E-state index < -0.39 is 5.97 Å². The third kappa shape index (κ3) is 9.60. The predicted molar refractivity (Wildman–Crippen MR) is 46.3 cm³/mol. The minimum Gasteiger partial charge on any atom is -0.478 e. The predicted octanol–water partition coefficient (Wildman–Crippen LogP) is 1.60. The molecule has 1 atom stereocenters. The van der Waals surface area contributed by atoms with Crippen molar-refractivity contribution in [3.05, 3.63) is 12.2 Å². The largest absolute Gasteiger partial charge is 0.478 e. The van der Waals surface area contributed by atoms with Gasteiger partial charge in [-0.3, -0.25) is 0 Å². The number of carbonyl (C=O) groups is 1. The first-order valence-electron chi connectivity index (χ1n) is 3.48. The molecule has 0 aliphatic carbocycles. The molecule has 0 aliphatic heterocycles. The molecule has 0 aromatic heterocycles. The van der Waals surface area contributed by atoms with Crippen LogP contribution in [0.3, 0.4) is 0 Å². The second-order valence-corrected chi connectivity index (χ2v) is 2.44. The number of hydrogen-bond donors (Lipinski definition) is 1. The van der Waals surface area contributed by atoms with E-state index >= 15 is 0 Å². The second-order valence-electron chi connectivity index (χ2n) is 2.11. The minimum absolute atomic E-state index is 0.714. The zero-order valence-corrected chi connectivity index (χ0v) is 7.48. The van der Waals surface area contributed by atoms with Crippen molar-refractivity contribution in [2.45, 2.75) is 19.3 Å². The van der Waals surface area contributed by atoms with Gasteiger partial charge in [0.15, 0.2) is 0 Å². The highest BCUT2D eigenvalue weighted by Gasteiger charge is 1.86. The lowest BCUT2D eigenvalue weighted by Gasteiger charge is -1.94. The van der Waals surface area contributed by atoms with Gasteiger partial charge in [0, 0.05) is 15.5 Å². The summed E-state index contributed by atoms with van der Waals surface area (Å²) in [4.78, 5) is 9.97. The van der Waals surface area contributed by atoms with Crippen LogP contribution in [-0.4, -0.2) is 17.7 Å². The monoisotopic (exact) mass is 176 g/mol. The van der Waals surface area contributed by atoms with E-state index in [-0.39, 0.29) is 0 Å². The molecule has 11 heavy (non-hydrogen) atoms. The van der Waals surface area contributed by atoms with Crippen LogP contribution >= 0.6 is 9.47 Å². The average Bonchev–Trinajstić information content (AvgIpc) is 1.96. The molecule has 0 spiro atoms. The van der Waals surface area contributed by atoms with Gasteiger partial charge in [-0.1, -0.05) is 6.08 Å². The van der Waals surface area contributed by atoms with E-state index in [1.165, 1.54) is 6.08 Å². The molecule has 0 amide bonds. The molecule has 64 valence electrons. The van der Waals surface area contributed by atoms with Gasteiger partial charge < -0.3 is 9.63 Å². The summed E-state index contributed by atoms with van der Waals surface area (Å²) in [6, 6.07) is 0. The van der Waals surface area contributed by atoms with Gasteiger partial charge in [-0.15, -0.1) is 0 Å². The maximum Gasteiger partial charge on any atom is 0.327 e. The Labute approximate surface area is 68.7 Å². The maximum absolute atomic E-state index is 9.97. The Kier molecular flexibility index (Phi) is 7.42. The van der Waals surface area contributed by atoms with Gasteiger partial charge in [-0.2, -0.15) is 0 Å². The SMILES string of the molecule is O=C(O)C=CCCCCOP. The Morgan fingerprint density at radius 2 is 2.27 bits per heavy atom. The number of unbranched alkanes of at least 4 members (excludes halogenated alkanes) is 2. The fourth-order valence-electron chi connectivity index (χ4n) is 0.632. The summed E-state index contributed by atoms with van der Waals surface area (Å²) >= 11 is 0. The number of carboxylic acid groups (broad SMARTS) is 1. The van der Waals surface area contributed by atoms with Crippen LogP contribution in [0.25, 0.3) is 0 Å². The summed E-state index contributed by atoms with van der Waals surface area (Å²) in [6.07, 6.45) is 5.57. The lowest BCUT2D eigenvalue weighted by molar-refractivity contribution is -0.131. The molecule has 0 rings (SSSR count). The van der Waals surface area contributed by atoms with E-state index in [1.807, 2.05) is 0 Å². The number of allylic oxidation sites excluding steroid dienone is 1. The van der Waals surface area contributed by atoms with Crippen LogP contribution in [0.2, 0.25) is 0 Å². The summed E-state index contributed by atoms with van der Waals surface area (Å²) in [6.45, 7) is 0.714. The maximum atomic E-state index is 9.97. The molecule has 1 unspecified atom stereocenters. The zero-order valence-electron chi connectivity index (χ0n) is 6.32. The summed E-state index contributed by atoms with van der Waals surface area (Å²) in [5, 5.41) is 8.20. The van der Waals surface area contributed by atoms with Gasteiger partial charge >= 0.3 is 5.97 Å². The highest BCUT2D eigenvalue weighted by molar-refractivity contribution is 7.09. The molecule has 0 aromatic carbocycles. The molecule has 1 N–H and O–H groups in total. The van der Waals surface area contributed by atoms with Gasteiger partial charge in [-0.25, -0.2) is 4.79 Å². The minimum atomic E-state index is -0.882. The number of aliphatic carboxylic acids is 1. The van der Waals surface area contributed by atoms with Crippen LogP contribution in [0.1, 0.15) is 19.3 Å². The molecule has 0 aromatic rings. The van der Waals surface area contributed by atoms with Gasteiger partial charge in [0.2, 0.25) is 0 Å². The topological polar surface area (TPSA) is 46.5 Å². The first-order chi connectivity index (χ1) is 5.27. The van der Waals surface area contributed by atoms with Crippen molar-refractivity contribution in [1.82, 2.24) is 0 Å². The van der Waals surface area contributed by atoms with E-state index in [4.69, 9.17) is 9.63 Å². The fourth-order valence-corrected chi connectivity index (χ4v) is 0.798. The summed E-state index contributed by atoms with van der Waals surface area (Å²) < 4.78 is 4.75. The molecule has 0 fully saturated rings. The van der Waals surface area contributed by atoms with E-state index in [9.17, 15) is 4.79 Å². The molecule has 3 nitrogen and oxygen atoms in total. The van der Waals surface area contributed by atoms with Crippen molar-refractivity contribution in [1.29, 1.82) is 0 Å². The standard InChI is InChI=1S/C7H13O3P/c8-7(9)5-3-1-2-4-6-10-11/h3,5H,1-2,4,6,11H2,(H,8,9). The van der Waals surface area contributed by atoms with Crippen molar-refractivity contribution in [3.63, 3.8) is 0 Å². The van der Waals surface area contributed by atoms with Crippen LogP contribution in [0, 0.1) is 0 Å². The molecule has 0 saturated heterocycles. The third-order valence-electron chi connectivity index (χ3n) is 1.14. The second kappa shape index (κ2) is 7.70. The van der Waals surface area contributed by atoms with Crippen molar-refractivity contribution in [2.75, 3.05) is 6.61 Å². The Balaban J connectivity index is 3.07. The van der Waals surface area contributed by atoms with Crippen molar-refractivity contribution >= 4 is 15.4 Å². The third-order valence-corrected chi connectivity index (χ3v) is 1.38. The van der Waals surface area contributed by atoms with E-state index in [2.05, 4.69) is 9.47 Å². The van der Waals surface area contributed by atoms with Crippen LogP contribution < -0.4 is 0 Å². The molecular formula is C7H13O3P. The highest BCUT2D eigenvalue weighted by Crippen LogP contribution is 1.98. The van der Waals surface area contributed by atoms with Gasteiger partial charge in [0.25, 0.3) is 0 Å².